The predicted molar refractivity (Wildman–Crippen MR) is 252 cm³/mol. The Morgan fingerprint density at radius 1 is 0.276 bits per heavy atom. The van der Waals surface area contributed by atoms with Gasteiger partial charge in [0, 0.05) is 53.1 Å². The Morgan fingerprint density at radius 2 is 0.724 bits per heavy atom. The van der Waals surface area contributed by atoms with Gasteiger partial charge in [-0.25, -0.2) is 0 Å². The molecule has 3 aromatic heterocycles. The second-order valence-corrected chi connectivity index (χ2v) is 20.2. The van der Waals surface area contributed by atoms with E-state index in [1.165, 1.54) is 90.2 Å². The van der Waals surface area contributed by atoms with Crippen molar-refractivity contribution in [1.82, 2.24) is 9.13 Å². The molecule has 0 N–H and O–H groups in total. The van der Waals surface area contributed by atoms with Gasteiger partial charge in [-0.05, 0) is 81.4 Å². The van der Waals surface area contributed by atoms with Crippen molar-refractivity contribution < 1.29 is 0 Å². The molecule has 272 valence electrons. The van der Waals surface area contributed by atoms with E-state index in [1.807, 2.05) is 11.3 Å². The average molecular weight is 773 g/mol. The zero-order chi connectivity index (χ0) is 38.2. The summed E-state index contributed by atoms with van der Waals surface area (Å²) in [4.78, 5) is 0. The summed E-state index contributed by atoms with van der Waals surface area (Å²) in [6.07, 6.45) is 0. The quantitative estimate of drug-likeness (QED) is 0.118. The molecule has 58 heavy (non-hydrogen) atoms. The van der Waals surface area contributed by atoms with E-state index in [0.29, 0.717) is 0 Å². The zero-order valence-corrected chi connectivity index (χ0v) is 33.4. The highest BCUT2D eigenvalue weighted by molar-refractivity contribution is 7.25. The molecule has 0 aliphatic rings. The third kappa shape index (κ3) is 4.83. The normalized spacial score (nSPS) is 12.1. The van der Waals surface area contributed by atoms with Crippen LogP contribution in [0.15, 0.2) is 218 Å². The van der Waals surface area contributed by atoms with Crippen LogP contribution in [0, 0.1) is 0 Å². The maximum atomic E-state index is 2.52. The smallest absolute Gasteiger partial charge is 0.179 e. The SMILES string of the molecule is c1ccc([Si](c2ccccc2)(c2ccccc2)c2ccc3c4ccccc4n(-c4ccc5c(c4)c4ccccc4n5-c4ccc5sc6ccccc6c5c4)c3c2)cc1. The van der Waals surface area contributed by atoms with Crippen LogP contribution in [0.4, 0.5) is 0 Å². The minimum absolute atomic E-state index is 1.16. The molecule has 9 aromatic carbocycles. The van der Waals surface area contributed by atoms with E-state index in [0.717, 1.165) is 5.69 Å². The summed E-state index contributed by atoms with van der Waals surface area (Å²) >= 11 is 1.87. The Balaban J connectivity index is 1.12. The fraction of sp³-hybridized carbons (Fsp3) is 0. The molecule has 0 atom stereocenters. The van der Waals surface area contributed by atoms with Gasteiger partial charge in [0.15, 0.2) is 8.07 Å². The van der Waals surface area contributed by atoms with E-state index in [2.05, 4.69) is 228 Å². The number of benzene rings is 9. The fourth-order valence-electron chi connectivity index (χ4n) is 9.78. The molecule has 0 saturated heterocycles. The van der Waals surface area contributed by atoms with E-state index in [4.69, 9.17) is 0 Å². The number of thiophene rings is 1. The molecule has 0 bridgehead atoms. The number of hydrogen-bond acceptors (Lipinski definition) is 1. The molecular weight excluding hydrogens is 737 g/mol. The van der Waals surface area contributed by atoms with Gasteiger partial charge in [-0.15, -0.1) is 11.3 Å². The standard InChI is InChI=1S/C54H36N2SSi/c1-4-16-39(17-5-1)58(40-18-6-2-7-19-40,41-20-8-3-9-21-41)42-30-31-45-43-22-10-13-25-49(43)56(52(45)36-42)37-28-32-51-47(34-37)44-23-11-14-26-50(44)55(51)38-29-33-54-48(35-38)46-24-12-15-27-53(46)57-54/h1-36H. The lowest BCUT2D eigenvalue weighted by molar-refractivity contribution is 1.17. The van der Waals surface area contributed by atoms with Gasteiger partial charge in [0.05, 0.1) is 22.1 Å². The number of para-hydroxylation sites is 2. The van der Waals surface area contributed by atoms with Gasteiger partial charge in [0.2, 0.25) is 0 Å². The largest absolute Gasteiger partial charge is 0.309 e. The molecule has 0 spiro atoms. The highest BCUT2D eigenvalue weighted by Gasteiger charge is 2.41. The number of hydrogen-bond donors (Lipinski definition) is 0. The molecule has 0 amide bonds. The zero-order valence-electron chi connectivity index (χ0n) is 31.6. The molecule has 3 heterocycles. The Kier molecular flexibility index (Phi) is 7.46. The lowest BCUT2D eigenvalue weighted by Crippen LogP contribution is -2.74. The van der Waals surface area contributed by atoms with Crippen molar-refractivity contribution in [3.63, 3.8) is 0 Å². The van der Waals surface area contributed by atoms with E-state index >= 15 is 0 Å². The van der Waals surface area contributed by atoms with Crippen molar-refractivity contribution in [1.29, 1.82) is 0 Å². The van der Waals surface area contributed by atoms with Gasteiger partial charge < -0.3 is 9.13 Å². The lowest BCUT2D eigenvalue weighted by Gasteiger charge is -2.34. The summed E-state index contributed by atoms with van der Waals surface area (Å²) in [5, 5.41) is 13.1. The number of rotatable bonds is 6. The van der Waals surface area contributed by atoms with E-state index < -0.39 is 8.07 Å². The van der Waals surface area contributed by atoms with Crippen molar-refractivity contribution in [3.8, 4) is 11.4 Å². The summed E-state index contributed by atoms with van der Waals surface area (Å²) in [5.41, 5.74) is 7.18. The summed E-state index contributed by atoms with van der Waals surface area (Å²) in [6, 6.07) is 81.5. The van der Waals surface area contributed by atoms with Crippen molar-refractivity contribution >= 4 is 104 Å². The Morgan fingerprint density at radius 3 is 1.36 bits per heavy atom. The number of aromatic nitrogens is 2. The minimum Gasteiger partial charge on any atom is -0.309 e. The predicted octanol–water partition coefficient (Wildman–Crippen LogP) is 11.6. The second-order valence-electron chi connectivity index (χ2n) is 15.3. The average Bonchev–Trinajstić information content (AvgIpc) is 3.95. The van der Waals surface area contributed by atoms with Gasteiger partial charge in [-0.1, -0.05) is 158 Å². The summed E-state index contributed by atoms with van der Waals surface area (Å²) in [6.45, 7) is 0. The van der Waals surface area contributed by atoms with Gasteiger partial charge in [0.25, 0.3) is 0 Å². The molecule has 4 heteroatoms. The van der Waals surface area contributed by atoms with Gasteiger partial charge in [-0.3, -0.25) is 0 Å². The maximum Gasteiger partial charge on any atom is 0.179 e. The molecule has 0 unspecified atom stereocenters. The van der Waals surface area contributed by atoms with Crippen molar-refractivity contribution in [3.05, 3.63) is 218 Å². The van der Waals surface area contributed by atoms with Crippen molar-refractivity contribution in [2.45, 2.75) is 0 Å². The van der Waals surface area contributed by atoms with Gasteiger partial charge >= 0.3 is 0 Å². The summed E-state index contributed by atoms with van der Waals surface area (Å²) < 4.78 is 7.59. The monoisotopic (exact) mass is 772 g/mol. The first-order chi connectivity index (χ1) is 28.8. The molecule has 2 nitrogen and oxygen atoms in total. The molecule has 0 fully saturated rings. The molecule has 12 rings (SSSR count). The maximum absolute atomic E-state index is 2.75. The molecule has 0 saturated carbocycles. The van der Waals surface area contributed by atoms with Crippen LogP contribution in [0.2, 0.25) is 0 Å². The fourth-order valence-corrected chi connectivity index (χ4v) is 15.6. The Labute approximate surface area is 341 Å². The van der Waals surface area contributed by atoms with E-state index in [-0.39, 0.29) is 0 Å². The Bertz CT molecular complexity index is 3410. The highest BCUT2D eigenvalue weighted by atomic mass is 32.1. The first-order valence-corrected chi connectivity index (χ1v) is 22.7. The molecule has 0 aliphatic heterocycles. The first-order valence-electron chi connectivity index (χ1n) is 19.9. The van der Waals surface area contributed by atoms with Crippen LogP contribution < -0.4 is 20.7 Å². The van der Waals surface area contributed by atoms with Crippen LogP contribution in [-0.2, 0) is 0 Å². The van der Waals surface area contributed by atoms with Crippen LogP contribution >= 0.6 is 11.3 Å². The van der Waals surface area contributed by atoms with E-state index in [9.17, 15) is 0 Å². The summed E-state index contributed by atoms with van der Waals surface area (Å²) in [7, 11) is -2.75. The van der Waals surface area contributed by atoms with Crippen molar-refractivity contribution in [2.24, 2.45) is 0 Å². The lowest BCUT2D eigenvalue weighted by atomic mass is 10.1. The summed E-state index contributed by atoms with van der Waals surface area (Å²) in [5.74, 6) is 0. The van der Waals surface area contributed by atoms with E-state index in [1.54, 1.807) is 0 Å². The third-order valence-corrected chi connectivity index (χ3v) is 18.2. The molecule has 12 aromatic rings. The topological polar surface area (TPSA) is 9.86 Å². The second kappa shape index (κ2) is 13.0. The van der Waals surface area contributed by atoms with Crippen LogP contribution in [-0.4, -0.2) is 17.2 Å². The molecule has 0 radical (unpaired) electrons. The number of fused-ring (bicyclic) bond motifs is 9. The molecule has 0 aliphatic carbocycles. The van der Waals surface area contributed by atoms with Gasteiger partial charge in [-0.2, -0.15) is 0 Å². The van der Waals surface area contributed by atoms with Crippen LogP contribution in [0.25, 0.3) is 75.2 Å². The number of nitrogens with zero attached hydrogens (tertiary/aromatic N) is 2. The van der Waals surface area contributed by atoms with Crippen LogP contribution in [0.5, 0.6) is 0 Å². The third-order valence-electron chi connectivity index (χ3n) is 12.3. The highest BCUT2D eigenvalue weighted by Crippen LogP contribution is 2.39. The van der Waals surface area contributed by atoms with Crippen LogP contribution in [0.3, 0.4) is 0 Å². The molecular formula is C54H36N2SSi. The minimum atomic E-state index is -2.75. The van der Waals surface area contributed by atoms with Crippen molar-refractivity contribution in [2.75, 3.05) is 0 Å². The van der Waals surface area contributed by atoms with Crippen LogP contribution in [0.1, 0.15) is 0 Å². The first kappa shape index (κ1) is 33.2. The van der Waals surface area contributed by atoms with Gasteiger partial charge in [0.1, 0.15) is 0 Å². The Hall–Kier alpha value is -6.98.